The Hall–Kier alpha value is -1.26. The number of hydrogen-bond acceptors (Lipinski definition) is 2. The third kappa shape index (κ3) is 4.94. The molecular weight excluding hydrogens is 232 g/mol. The minimum Gasteiger partial charge on any atom is -0.481 e. The Labute approximate surface area is 109 Å². The van der Waals surface area contributed by atoms with Crippen LogP contribution in [0.25, 0.3) is 0 Å². The second-order valence-electron chi connectivity index (χ2n) is 5.23. The molecule has 0 aliphatic carbocycles. The number of urea groups is 1. The van der Waals surface area contributed by atoms with E-state index in [1.165, 1.54) is 6.42 Å². The highest BCUT2D eigenvalue weighted by Crippen LogP contribution is 2.19. The normalized spacial score (nSPS) is 18.4. The van der Waals surface area contributed by atoms with Crippen molar-refractivity contribution in [3.05, 3.63) is 0 Å². The molecule has 0 aromatic carbocycles. The zero-order valence-electron chi connectivity index (χ0n) is 11.3. The highest BCUT2D eigenvalue weighted by molar-refractivity contribution is 5.74. The summed E-state index contributed by atoms with van der Waals surface area (Å²) in [6, 6.07) is -0.0539. The highest BCUT2D eigenvalue weighted by Gasteiger charge is 2.21. The van der Waals surface area contributed by atoms with Gasteiger partial charge >= 0.3 is 12.0 Å². The predicted octanol–water partition coefficient (Wildman–Crippen LogP) is 1.93. The summed E-state index contributed by atoms with van der Waals surface area (Å²) in [5.41, 5.74) is 0. The van der Waals surface area contributed by atoms with Gasteiger partial charge in [-0.15, -0.1) is 0 Å². The molecule has 5 heteroatoms. The predicted molar refractivity (Wildman–Crippen MR) is 69.4 cm³/mol. The van der Waals surface area contributed by atoms with Gasteiger partial charge in [0, 0.05) is 26.1 Å². The van der Waals surface area contributed by atoms with Crippen molar-refractivity contribution in [1.29, 1.82) is 0 Å². The first-order valence-electron chi connectivity index (χ1n) is 6.77. The number of amides is 2. The van der Waals surface area contributed by atoms with Gasteiger partial charge in [-0.3, -0.25) is 4.79 Å². The van der Waals surface area contributed by atoms with E-state index in [0.717, 1.165) is 31.8 Å². The topological polar surface area (TPSA) is 69.6 Å². The molecule has 1 saturated heterocycles. The first-order chi connectivity index (χ1) is 8.52. The van der Waals surface area contributed by atoms with Crippen LogP contribution in [0.5, 0.6) is 0 Å². The molecule has 5 nitrogen and oxygen atoms in total. The molecule has 104 valence electrons. The van der Waals surface area contributed by atoms with E-state index in [2.05, 4.69) is 12.2 Å². The fraction of sp³-hybridized carbons (Fsp3) is 0.846. The molecule has 1 heterocycles. The average Bonchev–Trinajstić information content (AvgIpc) is 2.35. The van der Waals surface area contributed by atoms with E-state index in [1.54, 1.807) is 0 Å². The number of aliphatic carboxylic acids is 1. The monoisotopic (exact) mass is 256 g/mol. The quantitative estimate of drug-likeness (QED) is 0.789. The van der Waals surface area contributed by atoms with Crippen LogP contribution >= 0.6 is 0 Å². The van der Waals surface area contributed by atoms with Gasteiger partial charge in [0.25, 0.3) is 0 Å². The van der Waals surface area contributed by atoms with E-state index in [-0.39, 0.29) is 18.4 Å². The number of hydrogen-bond donors (Lipinski definition) is 2. The van der Waals surface area contributed by atoms with Gasteiger partial charge in [0.2, 0.25) is 0 Å². The molecule has 1 rings (SSSR count). The number of likely N-dealkylation sites (tertiary alicyclic amines) is 1. The molecule has 0 radical (unpaired) electrons. The molecule has 1 aliphatic rings. The van der Waals surface area contributed by atoms with Gasteiger partial charge in [0.05, 0.1) is 0 Å². The average molecular weight is 256 g/mol. The fourth-order valence-corrected chi connectivity index (χ4v) is 2.29. The standard InChI is InChI=1S/C13H24N2O3/c1-3-11-4-6-15(7-5-11)13(18)14-9-10(2)8-12(16)17/h10-11H,3-9H2,1-2H3,(H,14,18)(H,16,17). The van der Waals surface area contributed by atoms with Gasteiger partial charge in [-0.2, -0.15) is 0 Å². The molecule has 1 unspecified atom stereocenters. The van der Waals surface area contributed by atoms with Crippen molar-refractivity contribution in [2.75, 3.05) is 19.6 Å². The van der Waals surface area contributed by atoms with Crippen molar-refractivity contribution in [2.45, 2.75) is 39.5 Å². The minimum atomic E-state index is -0.819. The number of nitrogens with one attached hydrogen (secondary N) is 1. The van der Waals surface area contributed by atoms with Crippen molar-refractivity contribution < 1.29 is 14.7 Å². The van der Waals surface area contributed by atoms with E-state index in [0.29, 0.717) is 6.54 Å². The van der Waals surface area contributed by atoms with Crippen LogP contribution in [0.15, 0.2) is 0 Å². The van der Waals surface area contributed by atoms with Crippen LogP contribution in [0.1, 0.15) is 39.5 Å². The Morgan fingerprint density at radius 2 is 2.00 bits per heavy atom. The zero-order valence-corrected chi connectivity index (χ0v) is 11.3. The van der Waals surface area contributed by atoms with Crippen LogP contribution in [-0.4, -0.2) is 41.6 Å². The molecule has 1 fully saturated rings. The Balaban J connectivity index is 2.23. The molecule has 18 heavy (non-hydrogen) atoms. The van der Waals surface area contributed by atoms with Gasteiger partial charge in [0.15, 0.2) is 0 Å². The molecule has 1 aliphatic heterocycles. The third-order valence-corrected chi connectivity index (χ3v) is 3.60. The number of nitrogens with zero attached hydrogens (tertiary/aromatic N) is 1. The lowest BCUT2D eigenvalue weighted by Gasteiger charge is -2.31. The molecule has 0 aromatic heterocycles. The number of piperidine rings is 1. The van der Waals surface area contributed by atoms with E-state index in [9.17, 15) is 9.59 Å². The molecule has 2 amide bonds. The molecular formula is C13H24N2O3. The van der Waals surface area contributed by atoms with Crippen molar-refractivity contribution >= 4 is 12.0 Å². The first kappa shape index (κ1) is 14.8. The van der Waals surface area contributed by atoms with Crippen molar-refractivity contribution in [2.24, 2.45) is 11.8 Å². The molecule has 1 atom stereocenters. The molecule has 0 spiro atoms. The van der Waals surface area contributed by atoms with Crippen molar-refractivity contribution in [3.63, 3.8) is 0 Å². The minimum absolute atomic E-state index is 0.0281. The molecule has 0 aromatic rings. The summed E-state index contributed by atoms with van der Waals surface area (Å²) in [5, 5.41) is 11.4. The number of carbonyl (C=O) groups excluding carboxylic acids is 1. The van der Waals surface area contributed by atoms with E-state index in [4.69, 9.17) is 5.11 Å². The lowest BCUT2D eigenvalue weighted by molar-refractivity contribution is -0.137. The molecule has 0 saturated carbocycles. The summed E-state index contributed by atoms with van der Waals surface area (Å²) in [5.74, 6) is -0.0971. The molecule has 2 N–H and O–H groups in total. The third-order valence-electron chi connectivity index (χ3n) is 3.60. The largest absolute Gasteiger partial charge is 0.481 e. The summed E-state index contributed by atoms with van der Waals surface area (Å²) in [4.78, 5) is 24.2. The van der Waals surface area contributed by atoms with E-state index < -0.39 is 5.97 Å². The van der Waals surface area contributed by atoms with Gasteiger partial charge < -0.3 is 15.3 Å². The number of carbonyl (C=O) groups is 2. The van der Waals surface area contributed by atoms with Crippen molar-refractivity contribution in [1.82, 2.24) is 10.2 Å². The van der Waals surface area contributed by atoms with Gasteiger partial charge in [-0.05, 0) is 24.7 Å². The smallest absolute Gasteiger partial charge is 0.317 e. The first-order valence-corrected chi connectivity index (χ1v) is 6.77. The maximum Gasteiger partial charge on any atom is 0.317 e. The summed E-state index contributed by atoms with van der Waals surface area (Å²) < 4.78 is 0. The Bertz CT molecular complexity index is 286. The lowest BCUT2D eigenvalue weighted by atomic mass is 9.95. The van der Waals surface area contributed by atoms with Gasteiger partial charge in [0.1, 0.15) is 0 Å². The van der Waals surface area contributed by atoms with Crippen LogP contribution in [0.4, 0.5) is 4.79 Å². The number of rotatable bonds is 5. The van der Waals surface area contributed by atoms with Crippen LogP contribution in [-0.2, 0) is 4.79 Å². The highest BCUT2D eigenvalue weighted by atomic mass is 16.4. The maximum atomic E-state index is 11.9. The van der Waals surface area contributed by atoms with Crippen molar-refractivity contribution in [3.8, 4) is 0 Å². The second kappa shape index (κ2) is 7.24. The summed E-state index contributed by atoms with van der Waals surface area (Å²) >= 11 is 0. The summed E-state index contributed by atoms with van der Waals surface area (Å²) in [6.45, 7) is 6.08. The van der Waals surface area contributed by atoms with E-state index in [1.807, 2.05) is 11.8 Å². The Morgan fingerprint density at radius 1 is 1.39 bits per heavy atom. The SMILES string of the molecule is CCC1CCN(C(=O)NCC(C)CC(=O)O)CC1. The van der Waals surface area contributed by atoms with E-state index >= 15 is 0 Å². The van der Waals surface area contributed by atoms with Crippen LogP contribution in [0, 0.1) is 11.8 Å². The summed E-state index contributed by atoms with van der Waals surface area (Å²) in [6.07, 6.45) is 3.44. The second-order valence-corrected chi connectivity index (χ2v) is 5.23. The maximum absolute atomic E-state index is 11.9. The summed E-state index contributed by atoms with van der Waals surface area (Å²) in [7, 11) is 0. The molecule has 0 bridgehead atoms. The van der Waals surface area contributed by atoms with Crippen LogP contribution in [0.3, 0.4) is 0 Å². The van der Waals surface area contributed by atoms with Gasteiger partial charge in [-0.25, -0.2) is 4.79 Å². The lowest BCUT2D eigenvalue weighted by Crippen LogP contribution is -2.45. The number of carboxylic acids is 1. The Kier molecular flexibility index (Phi) is 5.95. The van der Waals surface area contributed by atoms with Crippen LogP contribution in [0.2, 0.25) is 0 Å². The number of carboxylic acid groups (broad SMARTS) is 1. The zero-order chi connectivity index (χ0) is 13.5. The van der Waals surface area contributed by atoms with Crippen LogP contribution < -0.4 is 5.32 Å². The van der Waals surface area contributed by atoms with Gasteiger partial charge in [-0.1, -0.05) is 20.3 Å². The fourth-order valence-electron chi connectivity index (χ4n) is 2.29. The Morgan fingerprint density at radius 3 is 2.50 bits per heavy atom.